The van der Waals surface area contributed by atoms with Gasteiger partial charge >= 0.3 is 0 Å². The molecule has 0 amide bonds. The lowest BCUT2D eigenvalue weighted by molar-refractivity contribution is 1.58. The van der Waals surface area contributed by atoms with Crippen molar-refractivity contribution in [2.75, 3.05) is 0 Å². The van der Waals surface area contributed by atoms with E-state index in [0.717, 1.165) is 13.0 Å². The van der Waals surface area contributed by atoms with Crippen LogP contribution in [0.25, 0.3) is 0 Å². The van der Waals surface area contributed by atoms with Crippen LogP contribution in [0.3, 0.4) is 0 Å². The first-order valence-electron chi connectivity index (χ1n) is 3.37. The Morgan fingerprint density at radius 2 is 2.27 bits per heavy atom. The summed E-state index contributed by atoms with van der Waals surface area (Å²) in [6.45, 7) is 0. The van der Waals surface area contributed by atoms with Gasteiger partial charge in [0, 0.05) is 9.13 Å². The van der Waals surface area contributed by atoms with Crippen molar-refractivity contribution < 1.29 is 0 Å². The van der Waals surface area contributed by atoms with E-state index in [-0.39, 0.29) is 0 Å². The summed E-state index contributed by atoms with van der Waals surface area (Å²) in [5.41, 5.74) is 8.07. The molecule has 0 saturated carbocycles. The molecule has 1 aromatic rings. The molecule has 11 heavy (non-hydrogen) atoms. The fraction of sp³-hybridized carbons (Fsp3) is 0. The Bertz CT molecular complexity index is 335. The SMILES string of the molecule is NC1=NBc2cccc(I)c21. The highest BCUT2D eigenvalue weighted by molar-refractivity contribution is 14.1. The number of amidine groups is 1. The Labute approximate surface area is 79.3 Å². The lowest BCUT2D eigenvalue weighted by atomic mass is 9.84. The number of nitrogens with zero attached hydrogens (tertiary/aromatic N) is 1. The summed E-state index contributed by atoms with van der Waals surface area (Å²) in [6, 6.07) is 6.16. The summed E-state index contributed by atoms with van der Waals surface area (Å²) in [5.74, 6) is 0.685. The first-order valence-corrected chi connectivity index (χ1v) is 4.44. The van der Waals surface area contributed by atoms with Crippen LogP contribution in [-0.2, 0) is 0 Å². The standard InChI is InChI=1S/C7H6BIN2/c9-5-3-1-2-4-6(5)7(10)11-8-4/h1-3,8H,(H2,10,11). The highest BCUT2D eigenvalue weighted by atomic mass is 127. The van der Waals surface area contributed by atoms with Gasteiger partial charge in [-0.2, -0.15) is 0 Å². The molecule has 1 aliphatic heterocycles. The van der Waals surface area contributed by atoms with Gasteiger partial charge in [0.25, 0.3) is 7.41 Å². The van der Waals surface area contributed by atoms with Crippen molar-refractivity contribution in [1.29, 1.82) is 0 Å². The van der Waals surface area contributed by atoms with Crippen molar-refractivity contribution in [2.24, 2.45) is 10.6 Å². The van der Waals surface area contributed by atoms with Gasteiger partial charge in [0.05, 0.1) is 0 Å². The maximum absolute atomic E-state index is 5.69. The summed E-state index contributed by atoms with van der Waals surface area (Å²) in [7, 11) is 0.748. The van der Waals surface area contributed by atoms with Gasteiger partial charge in [0.15, 0.2) is 0 Å². The number of hydrogen-bond donors (Lipinski definition) is 1. The van der Waals surface area contributed by atoms with Crippen molar-refractivity contribution >= 4 is 41.3 Å². The third-order valence-electron chi connectivity index (χ3n) is 1.78. The van der Waals surface area contributed by atoms with Gasteiger partial charge in [-0.05, 0) is 34.1 Å². The number of hydrogen-bond acceptors (Lipinski definition) is 2. The van der Waals surface area contributed by atoms with Gasteiger partial charge in [-0.25, -0.2) is 0 Å². The molecule has 0 bridgehead atoms. The first-order chi connectivity index (χ1) is 5.29. The van der Waals surface area contributed by atoms with Crippen molar-refractivity contribution in [3.8, 4) is 0 Å². The Kier molecular flexibility index (Phi) is 1.63. The van der Waals surface area contributed by atoms with Crippen LogP contribution < -0.4 is 11.2 Å². The van der Waals surface area contributed by atoms with Crippen LogP contribution in [0.15, 0.2) is 23.1 Å². The molecular weight excluding hydrogens is 250 g/mol. The van der Waals surface area contributed by atoms with Crippen LogP contribution in [-0.4, -0.2) is 13.3 Å². The normalized spacial score (nSPS) is 13.7. The van der Waals surface area contributed by atoms with Gasteiger partial charge in [-0.3, -0.25) is 0 Å². The van der Waals surface area contributed by atoms with Gasteiger partial charge in [-0.1, -0.05) is 12.1 Å². The summed E-state index contributed by atoms with van der Waals surface area (Å²) in [6.07, 6.45) is 0. The molecule has 4 heteroatoms. The summed E-state index contributed by atoms with van der Waals surface area (Å²) >= 11 is 2.28. The fourth-order valence-electron chi connectivity index (χ4n) is 1.24. The van der Waals surface area contributed by atoms with E-state index in [1.165, 1.54) is 9.03 Å². The van der Waals surface area contributed by atoms with E-state index in [1.54, 1.807) is 0 Å². The molecular formula is C7H6BIN2. The minimum absolute atomic E-state index is 0.685. The Hall–Kier alpha value is -0.515. The fourth-order valence-corrected chi connectivity index (χ4v) is 2.07. The topological polar surface area (TPSA) is 38.4 Å². The minimum atomic E-state index is 0.685. The van der Waals surface area contributed by atoms with E-state index in [2.05, 4.69) is 33.6 Å². The lowest BCUT2D eigenvalue weighted by Gasteiger charge is -2.00. The zero-order chi connectivity index (χ0) is 7.84. The maximum Gasteiger partial charge on any atom is 0.298 e. The molecule has 0 radical (unpaired) electrons. The van der Waals surface area contributed by atoms with Crippen molar-refractivity contribution in [3.63, 3.8) is 0 Å². The Morgan fingerprint density at radius 1 is 1.45 bits per heavy atom. The van der Waals surface area contributed by atoms with E-state index >= 15 is 0 Å². The number of nitrogens with two attached hydrogens (primary N) is 1. The number of benzene rings is 1. The smallest absolute Gasteiger partial charge is 0.298 e. The molecule has 54 valence electrons. The van der Waals surface area contributed by atoms with Crippen LogP contribution in [0.1, 0.15) is 5.56 Å². The molecule has 2 rings (SSSR count). The predicted molar refractivity (Wildman–Crippen MR) is 56.7 cm³/mol. The predicted octanol–water partition coefficient (Wildman–Crippen LogP) is -0.0131. The van der Waals surface area contributed by atoms with E-state index in [0.29, 0.717) is 5.84 Å². The molecule has 2 nitrogen and oxygen atoms in total. The molecule has 2 N–H and O–H groups in total. The second-order valence-corrected chi connectivity index (χ2v) is 3.64. The number of fused-ring (bicyclic) bond motifs is 1. The Balaban J connectivity index is 2.67. The van der Waals surface area contributed by atoms with Gasteiger partial charge < -0.3 is 10.6 Å². The second kappa shape index (κ2) is 2.51. The summed E-state index contributed by atoms with van der Waals surface area (Å²) < 4.78 is 1.19. The van der Waals surface area contributed by atoms with Gasteiger partial charge in [-0.15, -0.1) is 0 Å². The molecule has 0 spiro atoms. The highest BCUT2D eigenvalue weighted by Crippen LogP contribution is 2.11. The van der Waals surface area contributed by atoms with Gasteiger partial charge in [0.2, 0.25) is 0 Å². The quantitative estimate of drug-likeness (QED) is 0.514. The van der Waals surface area contributed by atoms with E-state index in [4.69, 9.17) is 5.73 Å². The molecule has 1 heterocycles. The van der Waals surface area contributed by atoms with Crippen molar-refractivity contribution in [3.05, 3.63) is 27.3 Å². The van der Waals surface area contributed by atoms with Gasteiger partial charge in [0.1, 0.15) is 5.84 Å². The average molecular weight is 256 g/mol. The molecule has 0 saturated heterocycles. The third-order valence-corrected chi connectivity index (χ3v) is 2.67. The van der Waals surface area contributed by atoms with E-state index < -0.39 is 0 Å². The molecule has 0 atom stereocenters. The van der Waals surface area contributed by atoms with Crippen LogP contribution in [0.2, 0.25) is 0 Å². The number of halogens is 1. The highest BCUT2D eigenvalue weighted by Gasteiger charge is 2.15. The second-order valence-electron chi connectivity index (χ2n) is 2.48. The lowest BCUT2D eigenvalue weighted by Crippen LogP contribution is -2.19. The molecule has 1 aliphatic rings. The molecule has 0 fully saturated rings. The minimum Gasteiger partial charge on any atom is -0.384 e. The monoisotopic (exact) mass is 256 g/mol. The Morgan fingerprint density at radius 3 is 3.00 bits per heavy atom. The zero-order valence-corrected chi connectivity index (χ0v) is 8.00. The summed E-state index contributed by atoms with van der Waals surface area (Å²) in [5, 5.41) is 0. The van der Waals surface area contributed by atoms with Crippen molar-refractivity contribution in [1.82, 2.24) is 0 Å². The van der Waals surface area contributed by atoms with Crippen molar-refractivity contribution in [2.45, 2.75) is 0 Å². The van der Waals surface area contributed by atoms with Crippen LogP contribution in [0, 0.1) is 3.57 Å². The van der Waals surface area contributed by atoms with Crippen LogP contribution >= 0.6 is 22.6 Å². The first kappa shape index (κ1) is 7.15. The molecule has 0 aromatic heterocycles. The van der Waals surface area contributed by atoms with E-state index in [9.17, 15) is 0 Å². The maximum atomic E-state index is 5.69. The van der Waals surface area contributed by atoms with Crippen LogP contribution in [0.4, 0.5) is 0 Å². The largest absolute Gasteiger partial charge is 0.384 e. The molecule has 0 aliphatic carbocycles. The third kappa shape index (κ3) is 1.05. The van der Waals surface area contributed by atoms with E-state index in [1.807, 2.05) is 12.1 Å². The zero-order valence-electron chi connectivity index (χ0n) is 5.84. The van der Waals surface area contributed by atoms with Crippen LogP contribution in [0.5, 0.6) is 0 Å². The average Bonchev–Trinajstić information content (AvgIpc) is 2.34. The molecule has 0 unspecified atom stereocenters. The number of rotatable bonds is 0. The summed E-state index contributed by atoms with van der Waals surface area (Å²) in [4.78, 5) is 4.15. The molecule has 1 aromatic carbocycles.